The summed E-state index contributed by atoms with van der Waals surface area (Å²) in [5.74, 6) is -0.280. The lowest BCUT2D eigenvalue weighted by Gasteiger charge is -2.48. The van der Waals surface area contributed by atoms with Crippen molar-refractivity contribution < 1.29 is 89.4 Å². The fraction of sp³-hybridized carbons (Fsp3) is 0.912. The molecule has 3 rings (SSSR count). The average Bonchev–Trinajstić information content (AvgIpc) is 0.755. The maximum Gasteiger partial charge on any atom is 0.220 e. The third-order valence-corrected chi connectivity index (χ3v) is 20.4. The Labute approximate surface area is 600 Å². The molecule has 0 saturated carbocycles. The lowest BCUT2D eigenvalue weighted by molar-refractivity contribution is -0.379. The number of aliphatic hydroxyl groups excluding tert-OH is 11. The van der Waals surface area contributed by atoms with E-state index in [4.69, 9.17) is 28.4 Å². The zero-order valence-corrected chi connectivity index (χ0v) is 62.2. The Balaban J connectivity index is 1.39. The van der Waals surface area contributed by atoms with Gasteiger partial charge in [-0.1, -0.05) is 307 Å². The van der Waals surface area contributed by atoms with Gasteiger partial charge in [-0.2, -0.15) is 0 Å². The standard InChI is InChI=1S/C80H149NO18/c1-3-5-7-9-11-13-15-17-19-21-23-25-27-29-30-31-32-34-35-37-39-41-43-45-47-49-51-53-55-57-64(85)63(81-68(86)58-56-54-52-50-48-46-44-42-40-38-36-33-28-26-24-22-20-18-16-14-12-10-8-6-4-2)62-94-78-74(92)71(89)76(66(60-83)96-78)99-80-75(93)72(90)77(67(61-84)97-80)98-79-73(91)70(88)69(87)65(59-82)95-79/h22,24,47,49,55,57,63-67,69-80,82-85,87-93H,3-21,23,25-46,48,50-54,56,58-62H2,1-2H3,(H,81,86)/b24-22-,49-47+,57-55+. The van der Waals surface area contributed by atoms with E-state index < -0.39 is 124 Å². The minimum atomic E-state index is -1.98. The SMILES string of the molecule is CCCCCCCCCC/C=C\CCCCCCCCCCCCCCCC(=O)NC(COC1OC(CO)C(OC2OC(CO)C(OC3OC(CO)C(O)C(O)C3O)C(O)C2O)C(O)C1O)C(O)/C=C/CC/C=C/CCCCCCCCCCCCCCCCCCCCCCCCC. The molecule has 3 fully saturated rings. The monoisotopic (exact) mass is 1410 g/mol. The van der Waals surface area contributed by atoms with Gasteiger partial charge in [0.2, 0.25) is 5.91 Å². The molecule has 1 amide bonds. The summed E-state index contributed by atoms with van der Waals surface area (Å²) >= 11 is 0. The zero-order valence-electron chi connectivity index (χ0n) is 62.2. The van der Waals surface area contributed by atoms with Crippen LogP contribution in [0.15, 0.2) is 36.5 Å². The predicted molar refractivity (Wildman–Crippen MR) is 393 cm³/mol. The number of amides is 1. The molecule has 17 unspecified atom stereocenters. The second-order valence-corrected chi connectivity index (χ2v) is 29.2. The van der Waals surface area contributed by atoms with Crippen LogP contribution < -0.4 is 5.32 Å². The lowest BCUT2D eigenvalue weighted by Crippen LogP contribution is -2.66. The topological polar surface area (TPSA) is 307 Å². The van der Waals surface area contributed by atoms with E-state index in [1.54, 1.807) is 6.08 Å². The van der Waals surface area contributed by atoms with Crippen molar-refractivity contribution in [1.82, 2.24) is 5.32 Å². The van der Waals surface area contributed by atoms with Crippen LogP contribution in [0, 0.1) is 0 Å². The van der Waals surface area contributed by atoms with Gasteiger partial charge in [0.15, 0.2) is 18.9 Å². The molecule has 17 atom stereocenters. The molecule has 0 aromatic heterocycles. The minimum Gasteiger partial charge on any atom is -0.394 e. The van der Waals surface area contributed by atoms with Crippen molar-refractivity contribution in [2.75, 3.05) is 26.4 Å². The van der Waals surface area contributed by atoms with Gasteiger partial charge in [-0.05, 0) is 57.8 Å². The van der Waals surface area contributed by atoms with Crippen LogP contribution in [0.1, 0.15) is 335 Å². The summed E-state index contributed by atoms with van der Waals surface area (Å²) in [5.41, 5.74) is 0. The van der Waals surface area contributed by atoms with Crippen molar-refractivity contribution in [1.29, 1.82) is 0 Å². The van der Waals surface area contributed by atoms with Gasteiger partial charge >= 0.3 is 0 Å². The van der Waals surface area contributed by atoms with Gasteiger partial charge in [0.1, 0.15) is 73.2 Å². The fourth-order valence-corrected chi connectivity index (χ4v) is 13.9. The molecule has 0 aromatic rings. The molecule has 0 aromatic carbocycles. The van der Waals surface area contributed by atoms with Crippen LogP contribution in [0.4, 0.5) is 0 Å². The summed E-state index contributed by atoms with van der Waals surface area (Å²) < 4.78 is 34.4. The summed E-state index contributed by atoms with van der Waals surface area (Å²) in [7, 11) is 0. The molecule has 19 heteroatoms. The fourth-order valence-electron chi connectivity index (χ4n) is 13.9. The second-order valence-electron chi connectivity index (χ2n) is 29.2. The Bertz CT molecular complexity index is 1930. The van der Waals surface area contributed by atoms with Gasteiger partial charge in [0.05, 0.1) is 38.6 Å². The number of aliphatic hydroxyl groups is 11. The number of allylic oxidation sites excluding steroid dienone is 5. The van der Waals surface area contributed by atoms with Crippen molar-refractivity contribution >= 4 is 5.91 Å². The first kappa shape index (κ1) is 91.2. The first-order valence-electron chi connectivity index (χ1n) is 40.7. The molecule has 3 heterocycles. The second kappa shape index (κ2) is 61.2. The molecule has 3 aliphatic heterocycles. The van der Waals surface area contributed by atoms with E-state index in [1.807, 2.05) is 6.08 Å². The van der Waals surface area contributed by atoms with Crippen molar-refractivity contribution in [2.24, 2.45) is 0 Å². The highest BCUT2D eigenvalue weighted by Gasteiger charge is 2.54. The number of carbonyl (C=O) groups is 1. The number of hydrogen-bond donors (Lipinski definition) is 12. The first-order valence-corrected chi connectivity index (χ1v) is 40.7. The van der Waals surface area contributed by atoms with Crippen molar-refractivity contribution in [3.63, 3.8) is 0 Å². The Kier molecular flexibility index (Phi) is 56.4. The molecule has 3 aliphatic rings. The maximum absolute atomic E-state index is 13.5. The highest BCUT2D eigenvalue weighted by Crippen LogP contribution is 2.33. The molecule has 582 valence electrons. The maximum atomic E-state index is 13.5. The Morgan fingerprint density at radius 1 is 0.354 bits per heavy atom. The Morgan fingerprint density at radius 3 is 1.01 bits per heavy atom. The predicted octanol–water partition coefficient (Wildman–Crippen LogP) is 13.5. The summed E-state index contributed by atoms with van der Waals surface area (Å²) in [5, 5.41) is 121. The molecule has 0 radical (unpaired) electrons. The van der Waals surface area contributed by atoms with E-state index in [0.717, 1.165) is 38.5 Å². The van der Waals surface area contributed by atoms with Crippen LogP contribution in [0.5, 0.6) is 0 Å². The van der Waals surface area contributed by atoms with Gasteiger partial charge in [0, 0.05) is 6.42 Å². The zero-order chi connectivity index (χ0) is 71.8. The van der Waals surface area contributed by atoms with Gasteiger partial charge < -0.3 is 89.9 Å². The highest BCUT2D eigenvalue weighted by molar-refractivity contribution is 5.76. The molecule has 0 bridgehead atoms. The third kappa shape index (κ3) is 41.5. The van der Waals surface area contributed by atoms with Gasteiger partial charge in [-0.3, -0.25) is 4.79 Å². The van der Waals surface area contributed by atoms with E-state index in [-0.39, 0.29) is 18.9 Å². The van der Waals surface area contributed by atoms with Crippen LogP contribution in [0.2, 0.25) is 0 Å². The number of hydrogen-bond acceptors (Lipinski definition) is 18. The normalized spacial score (nSPS) is 26.7. The van der Waals surface area contributed by atoms with Crippen molar-refractivity contribution in [3.8, 4) is 0 Å². The number of carbonyl (C=O) groups excluding carboxylic acids is 1. The van der Waals surface area contributed by atoms with E-state index in [0.29, 0.717) is 12.8 Å². The average molecular weight is 1410 g/mol. The van der Waals surface area contributed by atoms with Crippen molar-refractivity contribution in [2.45, 2.75) is 439 Å². The Hall–Kier alpha value is -1.99. The smallest absolute Gasteiger partial charge is 0.220 e. The molecule has 0 spiro atoms. The summed E-state index contributed by atoms with van der Waals surface area (Å²) in [6, 6.07) is -0.991. The molecule has 0 aliphatic carbocycles. The molecule has 3 saturated heterocycles. The summed E-state index contributed by atoms with van der Waals surface area (Å²) in [4.78, 5) is 13.5. The third-order valence-electron chi connectivity index (χ3n) is 20.4. The van der Waals surface area contributed by atoms with Crippen LogP contribution in [0.3, 0.4) is 0 Å². The van der Waals surface area contributed by atoms with Crippen molar-refractivity contribution in [3.05, 3.63) is 36.5 Å². The van der Waals surface area contributed by atoms with Crippen LogP contribution in [0.25, 0.3) is 0 Å². The first-order chi connectivity index (χ1) is 48.3. The number of ether oxygens (including phenoxy) is 6. The molecular weight excluding hydrogens is 1260 g/mol. The summed E-state index contributed by atoms with van der Waals surface area (Å²) in [6.07, 6.45) is 48.5. The lowest BCUT2D eigenvalue weighted by atomic mass is 9.96. The van der Waals surface area contributed by atoms with E-state index >= 15 is 0 Å². The van der Waals surface area contributed by atoms with Gasteiger partial charge in [-0.25, -0.2) is 0 Å². The largest absolute Gasteiger partial charge is 0.394 e. The molecule has 99 heavy (non-hydrogen) atoms. The van der Waals surface area contributed by atoms with Gasteiger partial charge in [-0.15, -0.1) is 0 Å². The van der Waals surface area contributed by atoms with Gasteiger partial charge in [0.25, 0.3) is 0 Å². The van der Waals surface area contributed by atoms with Crippen LogP contribution in [-0.4, -0.2) is 193 Å². The van der Waals surface area contributed by atoms with Crippen LogP contribution in [-0.2, 0) is 33.2 Å². The molecular formula is C80H149NO18. The Morgan fingerprint density at radius 2 is 0.646 bits per heavy atom. The number of unbranched alkanes of at least 4 members (excludes halogenated alkanes) is 45. The quantitative estimate of drug-likeness (QED) is 0.0199. The van der Waals surface area contributed by atoms with E-state index in [9.17, 15) is 61.0 Å². The van der Waals surface area contributed by atoms with Crippen LogP contribution >= 0.6 is 0 Å². The number of nitrogens with one attached hydrogen (secondary N) is 1. The highest BCUT2D eigenvalue weighted by atomic mass is 16.8. The van der Waals surface area contributed by atoms with E-state index in [2.05, 4.69) is 43.5 Å². The van der Waals surface area contributed by atoms with E-state index in [1.165, 1.54) is 263 Å². The summed E-state index contributed by atoms with van der Waals surface area (Å²) in [6.45, 7) is 1.77. The number of rotatable bonds is 65. The minimum absolute atomic E-state index is 0.237. The molecule has 12 N–H and O–H groups in total. The molecule has 19 nitrogen and oxygen atoms in total.